The van der Waals surface area contributed by atoms with Crippen molar-refractivity contribution < 1.29 is 22.5 Å². The zero-order valence-corrected chi connectivity index (χ0v) is 19.3. The maximum absolute atomic E-state index is 12.4. The molecule has 0 saturated heterocycles. The molecule has 0 atom stereocenters. The monoisotopic (exact) mass is 475 g/mol. The van der Waals surface area contributed by atoms with Crippen LogP contribution in [0.15, 0.2) is 44.4 Å². The lowest BCUT2D eigenvalue weighted by atomic mass is 10.3. The molecule has 0 aliphatic rings. The number of ether oxygens (including phenoxy) is 1. The molecule has 3 aromatic heterocycles. The van der Waals surface area contributed by atoms with Crippen molar-refractivity contribution in [2.24, 2.45) is 7.05 Å². The van der Waals surface area contributed by atoms with E-state index in [-0.39, 0.29) is 23.7 Å². The molecular weight excluding hydrogens is 454 g/mol. The van der Waals surface area contributed by atoms with E-state index in [1.165, 1.54) is 31.5 Å². The highest BCUT2D eigenvalue weighted by Crippen LogP contribution is 2.22. The minimum atomic E-state index is -3.55. The molecule has 4 rings (SSSR count). The molecule has 32 heavy (non-hydrogen) atoms. The summed E-state index contributed by atoms with van der Waals surface area (Å²) < 4.78 is 38.1. The van der Waals surface area contributed by atoms with E-state index < -0.39 is 16.0 Å². The number of fused-ring (bicyclic) bond motifs is 1. The molecule has 0 spiro atoms. The van der Waals surface area contributed by atoms with Crippen molar-refractivity contribution in [1.29, 1.82) is 0 Å². The standard InChI is InChI=1S/C20H21N5O5S2/c1-24(2)32(27,28)14-4-5-16-15(10-14)21-18(25(16)3)6-7-19(26)29-11-17-22-20(30-23-17)13-8-9-31-12-13/h4-5,8-10,12H,6-7,11H2,1-3H3. The average Bonchev–Trinajstić information content (AvgIpc) is 3.51. The van der Waals surface area contributed by atoms with Crippen molar-refractivity contribution in [3.05, 3.63) is 46.7 Å². The van der Waals surface area contributed by atoms with Crippen molar-refractivity contribution in [2.45, 2.75) is 24.3 Å². The second-order valence-corrected chi connectivity index (χ2v) is 10.1. The van der Waals surface area contributed by atoms with Gasteiger partial charge < -0.3 is 13.8 Å². The largest absolute Gasteiger partial charge is 0.457 e. The van der Waals surface area contributed by atoms with Crippen LogP contribution in [0, 0.1) is 0 Å². The normalized spacial score (nSPS) is 12.0. The summed E-state index contributed by atoms with van der Waals surface area (Å²) in [6.45, 7) is -0.0826. The zero-order valence-electron chi connectivity index (χ0n) is 17.7. The fourth-order valence-electron chi connectivity index (χ4n) is 3.07. The van der Waals surface area contributed by atoms with E-state index in [0.29, 0.717) is 23.7 Å². The van der Waals surface area contributed by atoms with E-state index in [1.54, 1.807) is 12.1 Å². The van der Waals surface area contributed by atoms with Crippen LogP contribution in [0.4, 0.5) is 0 Å². The highest BCUT2D eigenvalue weighted by Gasteiger charge is 2.19. The third-order valence-corrected chi connectivity index (χ3v) is 7.37. The minimum absolute atomic E-state index is 0.0826. The van der Waals surface area contributed by atoms with E-state index in [9.17, 15) is 13.2 Å². The Balaban J connectivity index is 1.38. The summed E-state index contributed by atoms with van der Waals surface area (Å²) in [5.74, 6) is 0.898. The number of hydrogen-bond donors (Lipinski definition) is 0. The lowest BCUT2D eigenvalue weighted by Gasteiger charge is -2.10. The van der Waals surface area contributed by atoms with Gasteiger partial charge in [0, 0.05) is 32.9 Å². The fourth-order valence-corrected chi connectivity index (χ4v) is 4.62. The van der Waals surface area contributed by atoms with Crippen LogP contribution in [0.1, 0.15) is 18.1 Å². The van der Waals surface area contributed by atoms with Gasteiger partial charge in [-0.15, -0.1) is 0 Å². The van der Waals surface area contributed by atoms with E-state index >= 15 is 0 Å². The molecule has 0 bridgehead atoms. The van der Waals surface area contributed by atoms with Gasteiger partial charge in [-0.3, -0.25) is 4.79 Å². The first kappa shape index (κ1) is 22.1. The van der Waals surface area contributed by atoms with Crippen LogP contribution in [0.5, 0.6) is 0 Å². The van der Waals surface area contributed by atoms with Gasteiger partial charge in [-0.25, -0.2) is 17.7 Å². The second-order valence-electron chi connectivity index (χ2n) is 7.21. The number of carbonyl (C=O) groups excluding carboxylic acids is 1. The molecule has 0 N–H and O–H groups in total. The van der Waals surface area contributed by atoms with Gasteiger partial charge in [-0.05, 0) is 29.6 Å². The first-order chi connectivity index (χ1) is 15.3. The molecule has 0 fully saturated rings. The maximum atomic E-state index is 12.4. The van der Waals surface area contributed by atoms with Gasteiger partial charge in [-0.2, -0.15) is 16.3 Å². The number of carbonyl (C=O) groups is 1. The summed E-state index contributed by atoms with van der Waals surface area (Å²) in [7, 11) is 1.23. The summed E-state index contributed by atoms with van der Waals surface area (Å²) in [4.78, 5) is 21.1. The molecular formula is C20H21N5O5S2. The number of hydrogen-bond acceptors (Lipinski definition) is 9. The van der Waals surface area contributed by atoms with Gasteiger partial charge in [0.05, 0.1) is 27.9 Å². The van der Waals surface area contributed by atoms with E-state index in [2.05, 4.69) is 15.1 Å². The number of aromatic nitrogens is 4. The Kier molecular flexibility index (Phi) is 6.09. The Hall–Kier alpha value is -3.09. The molecule has 0 radical (unpaired) electrons. The highest BCUT2D eigenvalue weighted by atomic mass is 32.2. The molecule has 10 nitrogen and oxygen atoms in total. The van der Waals surface area contributed by atoms with Gasteiger partial charge in [0.1, 0.15) is 5.82 Å². The van der Waals surface area contributed by atoms with E-state index in [4.69, 9.17) is 9.26 Å². The molecule has 0 aliphatic heterocycles. The quantitative estimate of drug-likeness (QED) is 0.357. The number of thiophene rings is 1. The number of aryl methyl sites for hydroxylation is 2. The van der Waals surface area contributed by atoms with E-state index in [0.717, 1.165) is 15.4 Å². The van der Waals surface area contributed by atoms with Crippen molar-refractivity contribution >= 4 is 38.4 Å². The Labute approximate surface area is 188 Å². The number of imidazole rings is 1. The van der Waals surface area contributed by atoms with Crippen LogP contribution >= 0.6 is 11.3 Å². The highest BCUT2D eigenvalue weighted by molar-refractivity contribution is 7.89. The molecule has 1 aromatic carbocycles. The van der Waals surface area contributed by atoms with Crippen molar-refractivity contribution in [2.75, 3.05) is 14.1 Å². The molecule has 3 heterocycles. The topological polar surface area (TPSA) is 120 Å². The van der Waals surface area contributed by atoms with Gasteiger partial charge in [-0.1, -0.05) is 5.16 Å². The first-order valence-corrected chi connectivity index (χ1v) is 12.0. The molecule has 0 unspecified atom stereocenters. The van der Waals surface area contributed by atoms with Crippen LogP contribution in [0.3, 0.4) is 0 Å². The summed E-state index contributed by atoms with van der Waals surface area (Å²) in [5.41, 5.74) is 2.15. The molecule has 4 aromatic rings. The number of esters is 1. The third kappa shape index (κ3) is 4.42. The van der Waals surface area contributed by atoms with Gasteiger partial charge in [0.15, 0.2) is 6.61 Å². The van der Waals surface area contributed by atoms with Gasteiger partial charge in [0.25, 0.3) is 5.89 Å². The summed E-state index contributed by atoms with van der Waals surface area (Å²) in [6, 6.07) is 6.66. The predicted octanol–water partition coefficient (Wildman–Crippen LogP) is 2.61. The molecule has 0 saturated carbocycles. The number of sulfonamides is 1. The van der Waals surface area contributed by atoms with Gasteiger partial charge in [0.2, 0.25) is 15.8 Å². The van der Waals surface area contributed by atoms with Crippen molar-refractivity contribution in [3.63, 3.8) is 0 Å². The summed E-state index contributed by atoms with van der Waals surface area (Å²) in [6.07, 6.45) is 0.446. The predicted molar refractivity (Wildman–Crippen MR) is 117 cm³/mol. The molecule has 168 valence electrons. The van der Waals surface area contributed by atoms with Gasteiger partial charge >= 0.3 is 5.97 Å². The summed E-state index contributed by atoms with van der Waals surface area (Å²) in [5, 5.41) is 7.61. The molecule has 0 amide bonds. The van der Waals surface area contributed by atoms with Crippen molar-refractivity contribution in [3.8, 4) is 11.5 Å². The Morgan fingerprint density at radius 2 is 2.06 bits per heavy atom. The number of nitrogens with zero attached hydrogens (tertiary/aromatic N) is 5. The smallest absolute Gasteiger partial charge is 0.306 e. The molecule has 0 aliphatic carbocycles. The lowest BCUT2D eigenvalue weighted by Crippen LogP contribution is -2.22. The van der Waals surface area contributed by atoms with Crippen LogP contribution in [0.25, 0.3) is 22.5 Å². The Morgan fingerprint density at radius 3 is 2.78 bits per heavy atom. The fraction of sp³-hybridized carbons (Fsp3) is 0.300. The SMILES string of the molecule is CN(C)S(=O)(=O)c1ccc2c(c1)nc(CCC(=O)OCc1noc(-c3ccsc3)n1)n2C. The van der Waals surface area contributed by atoms with E-state index in [1.807, 2.05) is 28.4 Å². The van der Waals surface area contributed by atoms with Crippen LogP contribution in [-0.2, 0) is 39.6 Å². The number of rotatable bonds is 8. The van der Waals surface area contributed by atoms with Crippen LogP contribution < -0.4 is 0 Å². The third-order valence-electron chi connectivity index (χ3n) is 4.87. The van der Waals surface area contributed by atoms with Crippen LogP contribution in [0.2, 0.25) is 0 Å². The maximum Gasteiger partial charge on any atom is 0.306 e. The minimum Gasteiger partial charge on any atom is -0.457 e. The second kappa shape index (κ2) is 8.81. The summed E-state index contributed by atoms with van der Waals surface area (Å²) >= 11 is 1.52. The first-order valence-electron chi connectivity index (χ1n) is 9.64. The zero-order chi connectivity index (χ0) is 22.9. The Bertz CT molecular complexity index is 1360. The van der Waals surface area contributed by atoms with Crippen molar-refractivity contribution in [1.82, 2.24) is 24.0 Å². The average molecular weight is 476 g/mol. The lowest BCUT2D eigenvalue weighted by molar-refractivity contribution is -0.145. The molecule has 12 heteroatoms. The van der Waals surface area contributed by atoms with Crippen LogP contribution in [-0.4, -0.2) is 52.5 Å². The Morgan fingerprint density at radius 1 is 1.25 bits per heavy atom. The number of benzene rings is 1.